The quantitative estimate of drug-likeness (QED) is 0.602. The van der Waals surface area contributed by atoms with Gasteiger partial charge in [0.25, 0.3) is 0 Å². The van der Waals surface area contributed by atoms with Gasteiger partial charge in [0.2, 0.25) is 0 Å². The van der Waals surface area contributed by atoms with E-state index in [2.05, 4.69) is 34.5 Å². The minimum atomic E-state index is 0.581. The molecule has 0 saturated heterocycles. The van der Waals surface area contributed by atoms with Crippen LogP contribution in [0.5, 0.6) is 5.75 Å². The Labute approximate surface area is 166 Å². The maximum Gasteiger partial charge on any atom is 0.150 e. The third kappa shape index (κ3) is 4.44. The van der Waals surface area contributed by atoms with E-state index in [0.717, 1.165) is 41.5 Å². The van der Waals surface area contributed by atoms with E-state index in [1.165, 1.54) is 32.1 Å². The molecule has 3 aromatic rings. The van der Waals surface area contributed by atoms with Crippen molar-refractivity contribution < 1.29 is 9.26 Å². The summed E-state index contributed by atoms with van der Waals surface area (Å²) in [5, 5.41) is 8.82. The van der Waals surface area contributed by atoms with Gasteiger partial charge in [-0.15, -0.1) is 0 Å². The van der Waals surface area contributed by atoms with Crippen molar-refractivity contribution in [2.45, 2.75) is 51.1 Å². The molecule has 1 saturated carbocycles. The fourth-order valence-electron chi connectivity index (χ4n) is 3.96. The van der Waals surface area contributed by atoms with Crippen molar-refractivity contribution in [1.29, 1.82) is 0 Å². The lowest BCUT2D eigenvalue weighted by molar-refractivity contribution is 0.264. The van der Waals surface area contributed by atoms with Crippen molar-refractivity contribution in [2.24, 2.45) is 0 Å². The smallest absolute Gasteiger partial charge is 0.150 e. The number of hydrogen-bond donors (Lipinski definition) is 0. The Hall–Kier alpha value is -2.60. The van der Waals surface area contributed by atoms with Gasteiger partial charge in [0.1, 0.15) is 5.75 Å². The normalized spacial score (nSPS) is 15.2. The van der Waals surface area contributed by atoms with Crippen molar-refractivity contribution in [2.75, 3.05) is 14.2 Å². The van der Waals surface area contributed by atoms with Gasteiger partial charge in [-0.1, -0.05) is 30.5 Å². The minimum absolute atomic E-state index is 0.581. The number of nitrogens with zero attached hydrogens (tertiary/aromatic N) is 4. The Morgan fingerprint density at radius 3 is 2.86 bits per heavy atom. The molecule has 0 N–H and O–H groups in total. The van der Waals surface area contributed by atoms with E-state index in [-0.39, 0.29) is 0 Å². The first kappa shape index (κ1) is 18.7. The first-order valence-electron chi connectivity index (χ1n) is 10.0. The molecule has 0 amide bonds. The standard InChI is InChI=1S/C22H28N4O2/c1-25(16-21-12-22(24-28-21)18-7-4-3-5-8-18)14-17-13-23-26(15-17)19-9-6-10-20(11-19)27-2/h6,9-13,15,18H,3-5,7-8,14,16H2,1-2H3. The topological polar surface area (TPSA) is 56.3 Å². The first-order chi connectivity index (χ1) is 13.7. The van der Waals surface area contributed by atoms with Crippen LogP contribution >= 0.6 is 0 Å². The maximum atomic E-state index is 5.60. The van der Waals surface area contributed by atoms with E-state index in [1.807, 2.05) is 35.1 Å². The van der Waals surface area contributed by atoms with Crippen LogP contribution in [0, 0.1) is 0 Å². The second-order valence-electron chi connectivity index (χ2n) is 7.72. The van der Waals surface area contributed by atoms with Crippen molar-refractivity contribution >= 4 is 0 Å². The molecule has 28 heavy (non-hydrogen) atoms. The summed E-state index contributed by atoms with van der Waals surface area (Å²) in [6.07, 6.45) is 10.4. The summed E-state index contributed by atoms with van der Waals surface area (Å²) in [7, 11) is 3.76. The Kier molecular flexibility index (Phi) is 5.76. The molecular weight excluding hydrogens is 352 g/mol. The predicted molar refractivity (Wildman–Crippen MR) is 108 cm³/mol. The second kappa shape index (κ2) is 8.61. The van der Waals surface area contributed by atoms with Crippen LogP contribution in [-0.4, -0.2) is 34.0 Å². The van der Waals surface area contributed by atoms with Gasteiger partial charge in [0.15, 0.2) is 5.76 Å². The van der Waals surface area contributed by atoms with Gasteiger partial charge < -0.3 is 9.26 Å². The summed E-state index contributed by atoms with van der Waals surface area (Å²) >= 11 is 0. The molecular formula is C22H28N4O2. The molecule has 0 bridgehead atoms. The predicted octanol–water partition coefficient (Wildman–Crippen LogP) is 4.55. The van der Waals surface area contributed by atoms with Crippen LogP contribution < -0.4 is 4.74 Å². The van der Waals surface area contributed by atoms with Gasteiger partial charge in [-0.25, -0.2) is 4.68 Å². The van der Waals surface area contributed by atoms with Gasteiger partial charge in [-0.05, 0) is 32.0 Å². The number of methoxy groups -OCH3 is 1. The molecule has 1 aliphatic carbocycles. The molecule has 0 atom stereocenters. The van der Waals surface area contributed by atoms with Gasteiger partial charge >= 0.3 is 0 Å². The van der Waals surface area contributed by atoms with Gasteiger partial charge in [-0.3, -0.25) is 4.90 Å². The lowest BCUT2D eigenvalue weighted by Crippen LogP contribution is -2.16. The Bertz CT molecular complexity index is 895. The van der Waals surface area contributed by atoms with Crippen LogP contribution in [0.25, 0.3) is 5.69 Å². The van der Waals surface area contributed by atoms with E-state index < -0.39 is 0 Å². The highest BCUT2D eigenvalue weighted by molar-refractivity contribution is 5.38. The van der Waals surface area contributed by atoms with E-state index in [9.17, 15) is 0 Å². The largest absolute Gasteiger partial charge is 0.497 e. The highest BCUT2D eigenvalue weighted by atomic mass is 16.5. The summed E-state index contributed by atoms with van der Waals surface area (Å²) in [4.78, 5) is 2.22. The molecule has 0 unspecified atom stereocenters. The fraction of sp³-hybridized carbons (Fsp3) is 0.455. The number of rotatable bonds is 7. The third-order valence-corrected chi connectivity index (χ3v) is 5.43. The summed E-state index contributed by atoms with van der Waals surface area (Å²) in [5.41, 5.74) is 3.27. The van der Waals surface area contributed by atoms with Gasteiger partial charge in [0.05, 0.1) is 31.2 Å². The van der Waals surface area contributed by atoms with Crippen LogP contribution in [-0.2, 0) is 13.1 Å². The maximum absolute atomic E-state index is 5.60. The summed E-state index contributed by atoms with van der Waals surface area (Å²) < 4.78 is 12.8. The van der Waals surface area contributed by atoms with E-state index in [4.69, 9.17) is 9.26 Å². The van der Waals surface area contributed by atoms with Crippen molar-refractivity contribution in [1.82, 2.24) is 19.8 Å². The Balaban J connectivity index is 1.36. The zero-order valence-corrected chi connectivity index (χ0v) is 16.7. The average Bonchev–Trinajstić information content (AvgIpc) is 3.38. The molecule has 0 spiro atoms. The first-order valence-corrected chi connectivity index (χ1v) is 10.0. The molecule has 6 heteroatoms. The van der Waals surface area contributed by atoms with E-state index >= 15 is 0 Å². The molecule has 1 aliphatic rings. The van der Waals surface area contributed by atoms with Crippen LogP contribution in [0.1, 0.15) is 55.0 Å². The molecule has 4 rings (SSSR count). The second-order valence-corrected chi connectivity index (χ2v) is 7.72. The summed E-state index contributed by atoms with van der Waals surface area (Å²) in [6, 6.07) is 10.0. The van der Waals surface area contributed by atoms with Crippen molar-refractivity contribution in [3.63, 3.8) is 0 Å². The molecule has 6 nitrogen and oxygen atoms in total. The third-order valence-electron chi connectivity index (χ3n) is 5.43. The molecule has 0 radical (unpaired) electrons. The number of hydrogen-bond acceptors (Lipinski definition) is 5. The molecule has 1 aromatic carbocycles. The zero-order valence-electron chi connectivity index (χ0n) is 16.7. The van der Waals surface area contributed by atoms with Crippen LogP contribution in [0.2, 0.25) is 0 Å². The molecule has 148 valence electrons. The zero-order chi connectivity index (χ0) is 19.3. The van der Waals surface area contributed by atoms with E-state index in [0.29, 0.717) is 5.92 Å². The molecule has 2 aromatic heterocycles. The molecule has 2 heterocycles. The summed E-state index contributed by atoms with van der Waals surface area (Å²) in [6.45, 7) is 1.54. The Morgan fingerprint density at radius 1 is 1.18 bits per heavy atom. The lowest BCUT2D eigenvalue weighted by Gasteiger charge is -2.18. The molecule has 0 aliphatic heterocycles. The summed E-state index contributed by atoms with van der Waals surface area (Å²) in [5.74, 6) is 2.34. The fourth-order valence-corrected chi connectivity index (χ4v) is 3.96. The number of aromatic nitrogens is 3. The van der Waals surface area contributed by atoms with Crippen molar-refractivity contribution in [3.05, 3.63) is 59.7 Å². The number of ether oxygens (including phenoxy) is 1. The highest BCUT2D eigenvalue weighted by Gasteiger charge is 2.19. The van der Waals surface area contributed by atoms with Crippen LogP contribution in [0.15, 0.2) is 47.2 Å². The van der Waals surface area contributed by atoms with E-state index in [1.54, 1.807) is 7.11 Å². The highest BCUT2D eigenvalue weighted by Crippen LogP contribution is 2.32. The number of benzene rings is 1. The van der Waals surface area contributed by atoms with Gasteiger partial charge in [-0.2, -0.15) is 5.10 Å². The SMILES string of the molecule is COc1cccc(-n2cc(CN(C)Cc3cc(C4CCCCC4)no3)cn2)c1. The van der Waals surface area contributed by atoms with Crippen LogP contribution in [0.3, 0.4) is 0 Å². The van der Waals surface area contributed by atoms with Gasteiger partial charge in [0, 0.05) is 36.4 Å². The minimum Gasteiger partial charge on any atom is -0.497 e. The molecule has 1 fully saturated rings. The Morgan fingerprint density at radius 2 is 2.04 bits per heavy atom. The average molecular weight is 380 g/mol. The lowest BCUT2D eigenvalue weighted by atomic mass is 9.87. The monoisotopic (exact) mass is 380 g/mol. The van der Waals surface area contributed by atoms with Crippen LogP contribution in [0.4, 0.5) is 0 Å². The van der Waals surface area contributed by atoms with Crippen molar-refractivity contribution in [3.8, 4) is 11.4 Å².